The van der Waals surface area contributed by atoms with Crippen LogP contribution in [0.1, 0.15) is 40.5 Å². The zero-order chi connectivity index (χ0) is 12.8. The molecule has 0 saturated carbocycles. The Morgan fingerprint density at radius 2 is 1.81 bits per heavy atom. The molecular formula is C11H23B2NO2. The predicted octanol–water partition coefficient (Wildman–Crippen LogP) is 1.56. The van der Waals surface area contributed by atoms with Gasteiger partial charge in [0.15, 0.2) is 0 Å². The van der Waals surface area contributed by atoms with Crippen molar-refractivity contribution in [3.63, 3.8) is 0 Å². The molecule has 1 unspecified atom stereocenters. The van der Waals surface area contributed by atoms with Crippen LogP contribution in [-0.2, 0) is 9.39 Å². The molecule has 0 aliphatic heterocycles. The lowest BCUT2D eigenvalue weighted by Gasteiger charge is -2.32. The van der Waals surface area contributed by atoms with E-state index in [1.807, 2.05) is 13.8 Å². The highest BCUT2D eigenvalue weighted by Gasteiger charge is 2.25. The maximum Gasteiger partial charge on any atom is 0.286 e. The van der Waals surface area contributed by atoms with E-state index in [1.165, 1.54) is 0 Å². The summed E-state index contributed by atoms with van der Waals surface area (Å²) in [5.74, 6) is 0. The third-order valence-corrected chi connectivity index (χ3v) is 2.36. The molecule has 0 aromatic carbocycles. The molecule has 3 nitrogen and oxygen atoms in total. The summed E-state index contributed by atoms with van der Waals surface area (Å²) in [5.41, 5.74) is 5.97. The molecule has 2 N–H and O–H groups in total. The maximum absolute atomic E-state index is 6.00. The van der Waals surface area contributed by atoms with E-state index in [0.29, 0.717) is 6.61 Å². The highest BCUT2D eigenvalue weighted by molar-refractivity contribution is 6.09. The second kappa shape index (κ2) is 6.67. The van der Waals surface area contributed by atoms with Gasteiger partial charge in [0.05, 0.1) is 14.5 Å². The van der Waals surface area contributed by atoms with Crippen molar-refractivity contribution in [2.75, 3.05) is 6.61 Å². The molecule has 0 aromatic rings. The predicted molar refractivity (Wildman–Crippen MR) is 68.4 cm³/mol. The molecule has 5 heteroatoms. The van der Waals surface area contributed by atoms with Crippen LogP contribution in [0.4, 0.5) is 0 Å². The molecule has 90 valence electrons. The third-order valence-electron chi connectivity index (χ3n) is 2.36. The largest absolute Gasteiger partial charge is 0.425 e. The molecule has 1 atom stereocenters. The first-order valence-electron chi connectivity index (χ1n) is 5.66. The summed E-state index contributed by atoms with van der Waals surface area (Å²) in [6.07, 6.45) is 1.58. The van der Waals surface area contributed by atoms with E-state index < -0.39 is 6.29 Å². The fourth-order valence-electron chi connectivity index (χ4n) is 1.95. The smallest absolute Gasteiger partial charge is 0.286 e. The zero-order valence-corrected chi connectivity index (χ0v) is 11.0. The quantitative estimate of drug-likeness (QED) is 0.501. The molecule has 4 radical (unpaired) electrons. The lowest BCUT2D eigenvalue weighted by Crippen LogP contribution is -2.37. The standard InChI is InChI=1S/C11H23B2NO2/c1-10(2,8-11(3,4)14)5-6-15-9(7-12)16-13/h9H,5-8,14H2,1-4H3. The van der Waals surface area contributed by atoms with E-state index in [9.17, 15) is 0 Å². The minimum Gasteiger partial charge on any atom is -0.425 e. The Balaban J connectivity index is 3.90. The van der Waals surface area contributed by atoms with Crippen LogP contribution in [0.15, 0.2) is 0 Å². The van der Waals surface area contributed by atoms with Crippen molar-refractivity contribution in [3.8, 4) is 0 Å². The molecule has 16 heavy (non-hydrogen) atoms. The summed E-state index contributed by atoms with van der Waals surface area (Å²) in [4.78, 5) is 0. The summed E-state index contributed by atoms with van der Waals surface area (Å²) in [6.45, 7) is 8.97. The first-order chi connectivity index (χ1) is 7.20. The zero-order valence-electron chi connectivity index (χ0n) is 11.0. The van der Waals surface area contributed by atoms with Crippen LogP contribution in [-0.4, -0.2) is 34.3 Å². The molecule has 0 rings (SSSR count). The molecule has 0 aromatic heterocycles. The normalized spacial score (nSPS) is 15.1. The third kappa shape index (κ3) is 8.20. The summed E-state index contributed by atoms with van der Waals surface area (Å²) < 4.78 is 9.92. The number of hydrogen-bond donors (Lipinski definition) is 1. The van der Waals surface area contributed by atoms with Gasteiger partial charge in [0.2, 0.25) is 0 Å². The minimum absolute atomic E-state index is 0.131. The Morgan fingerprint density at radius 3 is 2.19 bits per heavy atom. The van der Waals surface area contributed by atoms with Crippen LogP contribution in [0.2, 0.25) is 6.32 Å². The van der Waals surface area contributed by atoms with Gasteiger partial charge in [-0.25, -0.2) is 0 Å². The van der Waals surface area contributed by atoms with E-state index >= 15 is 0 Å². The van der Waals surface area contributed by atoms with Crippen LogP contribution in [0.3, 0.4) is 0 Å². The molecule has 0 saturated heterocycles. The average Bonchev–Trinajstić information content (AvgIpc) is 2.08. The number of ether oxygens (including phenoxy) is 1. The SMILES string of the molecule is [B]CC(O[B])OCCC(C)(C)CC(C)(C)N. The van der Waals surface area contributed by atoms with Crippen LogP contribution in [0, 0.1) is 5.41 Å². The van der Waals surface area contributed by atoms with E-state index in [-0.39, 0.29) is 17.3 Å². The van der Waals surface area contributed by atoms with E-state index in [1.54, 1.807) is 0 Å². The van der Waals surface area contributed by atoms with E-state index in [0.717, 1.165) is 12.8 Å². The second-order valence-electron chi connectivity index (χ2n) is 5.75. The molecule has 0 fully saturated rings. The topological polar surface area (TPSA) is 44.5 Å². The molecule has 0 bridgehead atoms. The van der Waals surface area contributed by atoms with Crippen molar-refractivity contribution >= 4 is 15.9 Å². The summed E-state index contributed by atoms with van der Waals surface area (Å²) in [7, 11) is 10.4. The highest BCUT2D eigenvalue weighted by Crippen LogP contribution is 2.30. The highest BCUT2D eigenvalue weighted by atomic mass is 16.7. The number of hydrogen-bond acceptors (Lipinski definition) is 3. The Labute approximate surface area is 102 Å². The minimum atomic E-state index is -0.512. The van der Waals surface area contributed by atoms with Gasteiger partial charge in [-0.2, -0.15) is 0 Å². The molecule has 0 aliphatic carbocycles. The summed E-state index contributed by atoms with van der Waals surface area (Å²) >= 11 is 0. The molecule has 0 spiro atoms. The summed E-state index contributed by atoms with van der Waals surface area (Å²) in [5, 5.41) is 0. The van der Waals surface area contributed by atoms with Gasteiger partial charge in [0, 0.05) is 5.54 Å². The van der Waals surface area contributed by atoms with E-state index in [2.05, 4.69) is 18.5 Å². The monoisotopic (exact) mass is 223 g/mol. The fraction of sp³-hybridized carbons (Fsp3) is 1.00. The first-order valence-corrected chi connectivity index (χ1v) is 5.66. The van der Waals surface area contributed by atoms with Crippen molar-refractivity contribution < 1.29 is 9.39 Å². The lowest BCUT2D eigenvalue weighted by atomic mass is 9.78. The summed E-state index contributed by atoms with van der Waals surface area (Å²) in [6, 6.07) is 0. The maximum atomic E-state index is 6.00. The molecule has 0 aliphatic rings. The fourth-order valence-corrected chi connectivity index (χ4v) is 1.95. The van der Waals surface area contributed by atoms with Crippen LogP contribution >= 0.6 is 0 Å². The van der Waals surface area contributed by atoms with Gasteiger partial charge in [-0.1, -0.05) is 13.8 Å². The van der Waals surface area contributed by atoms with Gasteiger partial charge in [0.1, 0.15) is 6.29 Å². The van der Waals surface area contributed by atoms with Crippen molar-refractivity contribution in [2.45, 2.75) is 58.7 Å². The van der Waals surface area contributed by atoms with Gasteiger partial charge in [-0.3, -0.25) is 0 Å². The Bertz CT molecular complexity index is 189. The van der Waals surface area contributed by atoms with Gasteiger partial charge in [0.25, 0.3) is 8.05 Å². The van der Waals surface area contributed by atoms with Crippen molar-refractivity contribution in [2.24, 2.45) is 11.1 Å². The van der Waals surface area contributed by atoms with Crippen LogP contribution in [0.25, 0.3) is 0 Å². The Hall–Kier alpha value is 0.00987. The first kappa shape index (κ1) is 16.0. The average molecular weight is 223 g/mol. The Morgan fingerprint density at radius 1 is 1.25 bits per heavy atom. The van der Waals surface area contributed by atoms with Gasteiger partial charge >= 0.3 is 0 Å². The van der Waals surface area contributed by atoms with Gasteiger partial charge in [-0.15, -0.1) is 0 Å². The van der Waals surface area contributed by atoms with Gasteiger partial charge < -0.3 is 15.1 Å². The number of rotatable bonds is 8. The van der Waals surface area contributed by atoms with Crippen LogP contribution < -0.4 is 5.73 Å². The lowest BCUT2D eigenvalue weighted by molar-refractivity contribution is -0.0706. The van der Waals surface area contributed by atoms with Crippen molar-refractivity contribution in [1.82, 2.24) is 0 Å². The van der Waals surface area contributed by atoms with Crippen molar-refractivity contribution in [3.05, 3.63) is 0 Å². The van der Waals surface area contributed by atoms with Gasteiger partial charge in [-0.05, 0) is 38.4 Å². The molecule has 0 heterocycles. The molecular weight excluding hydrogens is 200 g/mol. The van der Waals surface area contributed by atoms with Crippen LogP contribution in [0.5, 0.6) is 0 Å². The van der Waals surface area contributed by atoms with E-state index in [4.69, 9.17) is 26.4 Å². The van der Waals surface area contributed by atoms with Crippen molar-refractivity contribution in [1.29, 1.82) is 0 Å². The number of nitrogens with two attached hydrogens (primary N) is 1. The second-order valence-corrected chi connectivity index (χ2v) is 5.75. The molecule has 0 amide bonds. The Kier molecular flexibility index (Phi) is 6.68.